The zero-order chi connectivity index (χ0) is 19.6. The third-order valence-corrected chi connectivity index (χ3v) is 4.55. The molecule has 0 saturated heterocycles. The van der Waals surface area contributed by atoms with Crippen LogP contribution in [0.25, 0.3) is 6.08 Å². The fourth-order valence-corrected chi connectivity index (χ4v) is 2.91. The number of benzene rings is 2. The normalized spacial score (nSPS) is 15.5. The second kappa shape index (κ2) is 7.72. The molecular weight excluding hydrogens is 373 g/mol. The second-order valence-electron chi connectivity index (χ2n) is 6.01. The maximum Gasteiger partial charge on any atom is 0.331 e. The van der Waals surface area contributed by atoms with E-state index in [1.807, 2.05) is 0 Å². The van der Waals surface area contributed by atoms with Crippen molar-refractivity contribution in [2.75, 3.05) is 11.9 Å². The number of nitrogens with one attached hydrogen (secondary N) is 1. The van der Waals surface area contributed by atoms with Gasteiger partial charge in [-0.05, 0) is 48.9 Å². The van der Waals surface area contributed by atoms with Crippen molar-refractivity contribution >= 4 is 41.0 Å². The minimum atomic E-state index is -0.797. The lowest BCUT2D eigenvalue weighted by atomic mass is 9.99. The van der Waals surface area contributed by atoms with E-state index < -0.39 is 24.2 Å². The summed E-state index contributed by atoms with van der Waals surface area (Å²) < 4.78 is 18.5. The molecule has 138 valence electrons. The Morgan fingerprint density at radius 3 is 2.81 bits per heavy atom. The van der Waals surface area contributed by atoms with Gasteiger partial charge in [0.25, 0.3) is 0 Å². The van der Waals surface area contributed by atoms with Gasteiger partial charge in [-0.25, -0.2) is 9.18 Å². The molecule has 1 aliphatic heterocycles. The monoisotopic (exact) mass is 387 g/mol. The van der Waals surface area contributed by atoms with Crippen molar-refractivity contribution < 1.29 is 23.5 Å². The van der Waals surface area contributed by atoms with E-state index in [-0.39, 0.29) is 22.4 Å². The molecule has 0 aromatic heterocycles. The van der Waals surface area contributed by atoms with Crippen LogP contribution in [0.2, 0.25) is 5.02 Å². The number of carbonyl (C=O) groups is 3. The molecule has 2 aromatic carbocycles. The highest BCUT2D eigenvalue weighted by molar-refractivity contribution is 6.32. The zero-order valence-electron chi connectivity index (χ0n) is 14.3. The summed E-state index contributed by atoms with van der Waals surface area (Å²) in [6.07, 6.45) is 2.20. The number of amides is 1. The first-order chi connectivity index (χ1) is 12.9. The Kier molecular flexibility index (Phi) is 5.37. The van der Waals surface area contributed by atoms with Crippen LogP contribution in [0, 0.1) is 5.82 Å². The van der Waals surface area contributed by atoms with Crippen molar-refractivity contribution in [2.24, 2.45) is 0 Å². The highest BCUT2D eigenvalue weighted by Crippen LogP contribution is 2.32. The highest BCUT2D eigenvalue weighted by atomic mass is 35.5. The molecule has 0 unspecified atom stereocenters. The smallest absolute Gasteiger partial charge is 0.331 e. The van der Waals surface area contributed by atoms with E-state index in [0.29, 0.717) is 11.3 Å². The van der Waals surface area contributed by atoms with E-state index in [4.69, 9.17) is 16.3 Å². The van der Waals surface area contributed by atoms with Gasteiger partial charge in [0.1, 0.15) is 5.82 Å². The van der Waals surface area contributed by atoms with Crippen LogP contribution in [0.3, 0.4) is 0 Å². The first-order valence-electron chi connectivity index (χ1n) is 8.13. The number of hydrogen-bond donors (Lipinski definition) is 1. The Morgan fingerprint density at radius 2 is 2.07 bits per heavy atom. The molecule has 0 spiro atoms. The summed E-state index contributed by atoms with van der Waals surface area (Å²) in [5, 5.41) is 2.88. The summed E-state index contributed by atoms with van der Waals surface area (Å²) in [6.45, 7) is 1.27. The van der Waals surface area contributed by atoms with E-state index in [0.717, 1.165) is 11.6 Å². The van der Waals surface area contributed by atoms with Crippen LogP contribution in [0.15, 0.2) is 42.5 Å². The van der Waals surface area contributed by atoms with Crippen molar-refractivity contribution in [3.05, 3.63) is 70.0 Å². The lowest BCUT2D eigenvalue weighted by Crippen LogP contribution is -2.13. The standard InChI is InChI=1S/C20H15ClFNO4/c1-11-14-9-12(5-7-17(14)23-20(11)26)18(24)10-27-19(25)8-6-13-15(21)3-2-4-16(13)22/h2-9,11H,10H2,1H3,(H,23,26)/b8-6+/t11-/m0/s1. The molecule has 1 atom stereocenters. The maximum absolute atomic E-state index is 13.6. The fourth-order valence-electron chi connectivity index (χ4n) is 2.68. The van der Waals surface area contributed by atoms with Crippen molar-refractivity contribution in [1.29, 1.82) is 0 Å². The fraction of sp³-hybridized carbons (Fsp3) is 0.150. The molecule has 27 heavy (non-hydrogen) atoms. The summed E-state index contributed by atoms with van der Waals surface area (Å²) in [7, 11) is 0. The number of Topliss-reactive ketones (excluding diaryl/α,β-unsaturated/α-hetero) is 1. The molecule has 3 rings (SSSR count). The predicted octanol–water partition coefficient (Wildman–Crippen LogP) is 3.97. The molecule has 0 aliphatic carbocycles. The van der Waals surface area contributed by atoms with Crippen LogP contribution in [0.1, 0.15) is 34.3 Å². The molecule has 0 saturated carbocycles. The van der Waals surface area contributed by atoms with Crippen LogP contribution >= 0.6 is 11.6 Å². The SMILES string of the molecule is C[C@@H]1C(=O)Nc2ccc(C(=O)COC(=O)/C=C/c3c(F)cccc3Cl)cc21. The van der Waals surface area contributed by atoms with Crippen LogP contribution in [-0.2, 0) is 14.3 Å². The van der Waals surface area contributed by atoms with Gasteiger partial charge in [0.2, 0.25) is 5.91 Å². The Bertz CT molecular complexity index is 950. The molecule has 5 nitrogen and oxygen atoms in total. The van der Waals surface area contributed by atoms with Crippen LogP contribution < -0.4 is 5.32 Å². The summed E-state index contributed by atoms with van der Waals surface area (Å²) in [5.41, 5.74) is 1.80. The molecule has 0 fully saturated rings. The van der Waals surface area contributed by atoms with Crippen molar-refractivity contribution in [2.45, 2.75) is 12.8 Å². The minimum absolute atomic E-state index is 0.0622. The second-order valence-corrected chi connectivity index (χ2v) is 6.42. The molecule has 1 amide bonds. The summed E-state index contributed by atoms with van der Waals surface area (Å²) in [5.74, 6) is -2.25. The van der Waals surface area contributed by atoms with E-state index >= 15 is 0 Å². The average molecular weight is 388 g/mol. The Balaban J connectivity index is 1.62. The number of ketones is 1. The van der Waals surface area contributed by atoms with Gasteiger partial charge in [-0.2, -0.15) is 0 Å². The summed E-state index contributed by atoms with van der Waals surface area (Å²) in [4.78, 5) is 35.7. The third-order valence-electron chi connectivity index (χ3n) is 4.22. The average Bonchev–Trinajstić information content (AvgIpc) is 2.93. The molecule has 0 radical (unpaired) electrons. The first-order valence-corrected chi connectivity index (χ1v) is 8.51. The third kappa shape index (κ3) is 4.06. The molecule has 1 aliphatic rings. The van der Waals surface area contributed by atoms with Crippen molar-refractivity contribution in [1.82, 2.24) is 0 Å². The van der Waals surface area contributed by atoms with E-state index in [9.17, 15) is 18.8 Å². The topological polar surface area (TPSA) is 72.5 Å². The van der Waals surface area contributed by atoms with Gasteiger partial charge >= 0.3 is 5.97 Å². The Morgan fingerprint density at radius 1 is 1.30 bits per heavy atom. The Labute approximate surface area is 159 Å². The van der Waals surface area contributed by atoms with Crippen LogP contribution in [0.5, 0.6) is 0 Å². The summed E-state index contributed by atoms with van der Waals surface area (Å²) in [6, 6.07) is 8.98. The molecule has 0 bridgehead atoms. The van der Waals surface area contributed by atoms with Gasteiger partial charge in [-0.1, -0.05) is 17.7 Å². The highest BCUT2D eigenvalue weighted by Gasteiger charge is 2.27. The largest absolute Gasteiger partial charge is 0.454 e. The quantitative estimate of drug-likeness (QED) is 0.478. The van der Waals surface area contributed by atoms with Gasteiger partial charge in [0, 0.05) is 22.9 Å². The Hall–Kier alpha value is -2.99. The lowest BCUT2D eigenvalue weighted by molar-refractivity contribution is -0.136. The number of anilines is 1. The van der Waals surface area contributed by atoms with Crippen molar-refractivity contribution in [3.8, 4) is 0 Å². The number of fused-ring (bicyclic) bond motifs is 1. The molecule has 7 heteroatoms. The molecular formula is C20H15ClFNO4. The van der Waals surface area contributed by atoms with E-state index in [2.05, 4.69) is 5.32 Å². The zero-order valence-corrected chi connectivity index (χ0v) is 15.0. The van der Waals surface area contributed by atoms with Gasteiger partial charge in [-0.15, -0.1) is 0 Å². The minimum Gasteiger partial charge on any atom is -0.454 e. The maximum atomic E-state index is 13.6. The van der Waals surface area contributed by atoms with Gasteiger partial charge < -0.3 is 10.1 Å². The van der Waals surface area contributed by atoms with Crippen molar-refractivity contribution in [3.63, 3.8) is 0 Å². The number of carbonyl (C=O) groups excluding carboxylic acids is 3. The first kappa shape index (κ1) is 18.8. The van der Waals surface area contributed by atoms with E-state index in [1.54, 1.807) is 25.1 Å². The van der Waals surface area contributed by atoms with E-state index in [1.165, 1.54) is 24.3 Å². The van der Waals surface area contributed by atoms with Gasteiger partial charge in [0.05, 0.1) is 10.9 Å². The van der Waals surface area contributed by atoms with Gasteiger partial charge in [-0.3, -0.25) is 9.59 Å². The molecule has 1 N–H and O–H groups in total. The number of rotatable bonds is 5. The number of esters is 1. The van der Waals surface area contributed by atoms with Crippen LogP contribution in [-0.4, -0.2) is 24.3 Å². The number of halogens is 2. The summed E-state index contributed by atoms with van der Waals surface area (Å²) >= 11 is 5.86. The number of hydrogen-bond acceptors (Lipinski definition) is 4. The lowest BCUT2D eigenvalue weighted by Gasteiger charge is -2.06. The van der Waals surface area contributed by atoms with Gasteiger partial charge in [0.15, 0.2) is 12.4 Å². The molecule has 2 aromatic rings. The predicted molar refractivity (Wildman–Crippen MR) is 99.2 cm³/mol. The van der Waals surface area contributed by atoms with Crippen LogP contribution in [0.4, 0.5) is 10.1 Å². The molecule has 1 heterocycles. The number of ether oxygens (including phenoxy) is 1.